The number of halogens is 3. The number of hydrogen-bond acceptors (Lipinski definition) is 1. The molecular weight excluding hydrogens is 195 g/mol. The molecule has 1 saturated heterocycles. The Bertz CT molecular complexity index is 225. The highest BCUT2D eigenvalue weighted by atomic mass is 19.4. The lowest BCUT2D eigenvalue weighted by Gasteiger charge is -2.19. The molecule has 1 heterocycles. The van der Waals surface area contributed by atoms with Crippen LogP contribution in [0.5, 0.6) is 0 Å². The monoisotopic (exact) mass is 209 g/mol. The van der Waals surface area contributed by atoms with Gasteiger partial charge >= 0.3 is 6.18 Å². The number of carbonyl (C=O) groups is 1. The van der Waals surface area contributed by atoms with Crippen molar-refractivity contribution in [2.75, 3.05) is 13.1 Å². The number of carbonyl (C=O) groups excluding carboxylic acids is 1. The zero-order valence-electron chi connectivity index (χ0n) is 8.27. The maximum absolute atomic E-state index is 12.0. The summed E-state index contributed by atoms with van der Waals surface area (Å²) in [6.45, 7) is 3.00. The fourth-order valence-electron chi connectivity index (χ4n) is 1.62. The Hall–Kier alpha value is -0.740. The van der Waals surface area contributed by atoms with Crippen molar-refractivity contribution in [1.82, 2.24) is 4.90 Å². The van der Waals surface area contributed by atoms with Gasteiger partial charge < -0.3 is 4.90 Å². The second-order valence-electron chi connectivity index (χ2n) is 4.10. The van der Waals surface area contributed by atoms with Gasteiger partial charge in [-0.2, -0.15) is 13.2 Å². The summed E-state index contributed by atoms with van der Waals surface area (Å²) in [5.41, 5.74) is 0. The van der Waals surface area contributed by atoms with Gasteiger partial charge in [-0.3, -0.25) is 4.79 Å². The summed E-state index contributed by atoms with van der Waals surface area (Å²) >= 11 is 0. The van der Waals surface area contributed by atoms with Crippen molar-refractivity contribution < 1.29 is 18.0 Å². The largest absolute Gasteiger partial charge is 0.406 e. The van der Waals surface area contributed by atoms with E-state index in [9.17, 15) is 18.0 Å². The molecule has 0 aromatic heterocycles. The average Bonchev–Trinajstić information content (AvgIpc) is 2.29. The molecule has 0 saturated carbocycles. The number of nitrogens with zero attached hydrogens (tertiary/aromatic N) is 1. The van der Waals surface area contributed by atoms with Gasteiger partial charge in [0.05, 0.1) is 0 Å². The van der Waals surface area contributed by atoms with E-state index in [1.165, 1.54) is 0 Å². The van der Waals surface area contributed by atoms with Crippen molar-refractivity contribution in [1.29, 1.82) is 0 Å². The van der Waals surface area contributed by atoms with Crippen LogP contribution in [0.3, 0.4) is 0 Å². The molecule has 1 aliphatic heterocycles. The van der Waals surface area contributed by atoms with Gasteiger partial charge in [0, 0.05) is 13.0 Å². The highest BCUT2D eigenvalue weighted by molar-refractivity contribution is 5.78. The Labute approximate surface area is 81.1 Å². The van der Waals surface area contributed by atoms with E-state index in [0.29, 0.717) is 0 Å². The van der Waals surface area contributed by atoms with Gasteiger partial charge in [-0.15, -0.1) is 0 Å². The molecule has 1 atom stereocenters. The van der Waals surface area contributed by atoms with Gasteiger partial charge in [0.25, 0.3) is 0 Å². The zero-order valence-corrected chi connectivity index (χ0v) is 8.27. The standard InChI is InChI=1S/C9H14F3NO/c1-6(2)7-3-8(14)13(4-7)5-9(10,11)12/h6-7H,3-5H2,1-2H3. The molecule has 5 heteroatoms. The summed E-state index contributed by atoms with van der Waals surface area (Å²) in [6.07, 6.45) is -4.02. The van der Waals surface area contributed by atoms with Crippen LogP contribution < -0.4 is 0 Å². The first-order valence-electron chi connectivity index (χ1n) is 4.64. The molecule has 0 radical (unpaired) electrons. The molecule has 0 aromatic carbocycles. The predicted octanol–water partition coefficient (Wildman–Crippen LogP) is 2.05. The maximum atomic E-state index is 12.0. The van der Waals surface area contributed by atoms with Crippen LogP contribution in [-0.2, 0) is 4.79 Å². The first-order valence-corrected chi connectivity index (χ1v) is 4.64. The first-order chi connectivity index (χ1) is 6.29. The van der Waals surface area contributed by atoms with Crippen LogP contribution >= 0.6 is 0 Å². The second-order valence-corrected chi connectivity index (χ2v) is 4.10. The van der Waals surface area contributed by atoms with Crippen molar-refractivity contribution in [3.05, 3.63) is 0 Å². The van der Waals surface area contributed by atoms with Crippen molar-refractivity contribution in [3.63, 3.8) is 0 Å². The molecule has 1 aliphatic rings. The summed E-state index contributed by atoms with van der Waals surface area (Å²) in [7, 11) is 0. The fourth-order valence-corrected chi connectivity index (χ4v) is 1.62. The molecule has 0 spiro atoms. The Kier molecular flexibility index (Phi) is 3.07. The van der Waals surface area contributed by atoms with E-state index in [1.807, 2.05) is 13.8 Å². The lowest BCUT2D eigenvalue weighted by Crippen LogP contribution is -2.35. The van der Waals surface area contributed by atoms with Gasteiger partial charge in [0.15, 0.2) is 0 Å². The summed E-state index contributed by atoms with van der Waals surface area (Å²) in [6, 6.07) is 0. The Morgan fingerprint density at radius 2 is 2.07 bits per heavy atom. The van der Waals surface area contributed by atoms with E-state index >= 15 is 0 Å². The number of alkyl halides is 3. The fraction of sp³-hybridized carbons (Fsp3) is 0.889. The Morgan fingerprint density at radius 1 is 1.50 bits per heavy atom. The Morgan fingerprint density at radius 3 is 2.43 bits per heavy atom. The lowest BCUT2D eigenvalue weighted by atomic mass is 9.95. The number of hydrogen-bond donors (Lipinski definition) is 0. The van der Waals surface area contributed by atoms with Gasteiger partial charge in [0.2, 0.25) is 5.91 Å². The Balaban J connectivity index is 2.53. The summed E-state index contributed by atoms with van der Waals surface area (Å²) in [5, 5.41) is 0. The van der Waals surface area contributed by atoms with E-state index in [0.717, 1.165) is 4.90 Å². The van der Waals surface area contributed by atoms with E-state index in [-0.39, 0.29) is 30.7 Å². The normalized spacial score (nSPS) is 23.7. The molecule has 0 aliphatic carbocycles. The van der Waals surface area contributed by atoms with Gasteiger partial charge in [-0.05, 0) is 11.8 Å². The van der Waals surface area contributed by atoms with Gasteiger partial charge in [-0.1, -0.05) is 13.8 Å². The summed E-state index contributed by atoms with van der Waals surface area (Å²) in [4.78, 5) is 12.1. The average molecular weight is 209 g/mol. The minimum Gasteiger partial charge on any atom is -0.333 e. The second kappa shape index (κ2) is 3.79. The van der Waals surface area contributed by atoms with Crippen molar-refractivity contribution in [2.45, 2.75) is 26.4 Å². The lowest BCUT2D eigenvalue weighted by molar-refractivity contribution is -0.157. The zero-order chi connectivity index (χ0) is 10.9. The quantitative estimate of drug-likeness (QED) is 0.681. The third-order valence-corrected chi connectivity index (χ3v) is 2.56. The molecule has 1 rings (SSSR count). The molecule has 0 N–H and O–H groups in total. The third kappa shape index (κ3) is 2.89. The molecule has 1 amide bonds. The molecule has 1 unspecified atom stereocenters. The van der Waals surface area contributed by atoms with Gasteiger partial charge in [-0.25, -0.2) is 0 Å². The van der Waals surface area contributed by atoms with Crippen LogP contribution in [0, 0.1) is 11.8 Å². The molecule has 2 nitrogen and oxygen atoms in total. The maximum Gasteiger partial charge on any atom is 0.406 e. The van der Waals surface area contributed by atoms with Crippen LogP contribution in [0.15, 0.2) is 0 Å². The highest BCUT2D eigenvalue weighted by Crippen LogP contribution is 2.27. The number of rotatable bonds is 2. The molecule has 0 bridgehead atoms. The molecule has 14 heavy (non-hydrogen) atoms. The smallest absolute Gasteiger partial charge is 0.333 e. The SMILES string of the molecule is CC(C)C1CC(=O)N(CC(F)(F)F)C1. The minimum absolute atomic E-state index is 0.0739. The summed E-state index contributed by atoms with van der Waals surface area (Å²) < 4.78 is 36.0. The summed E-state index contributed by atoms with van der Waals surface area (Å²) in [5.74, 6) is -0.0388. The van der Waals surface area contributed by atoms with Crippen molar-refractivity contribution in [2.24, 2.45) is 11.8 Å². The van der Waals surface area contributed by atoms with E-state index in [2.05, 4.69) is 0 Å². The number of likely N-dealkylation sites (tertiary alicyclic amines) is 1. The van der Waals surface area contributed by atoms with Crippen molar-refractivity contribution >= 4 is 5.91 Å². The molecular formula is C9H14F3NO. The molecule has 82 valence electrons. The predicted molar refractivity (Wildman–Crippen MR) is 45.6 cm³/mol. The first kappa shape index (κ1) is 11.3. The van der Waals surface area contributed by atoms with E-state index in [4.69, 9.17) is 0 Å². The third-order valence-electron chi connectivity index (χ3n) is 2.56. The van der Waals surface area contributed by atoms with Crippen LogP contribution in [0.1, 0.15) is 20.3 Å². The van der Waals surface area contributed by atoms with Crippen LogP contribution in [0.2, 0.25) is 0 Å². The highest BCUT2D eigenvalue weighted by Gasteiger charge is 2.38. The van der Waals surface area contributed by atoms with Crippen LogP contribution in [0.4, 0.5) is 13.2 Å². The van der Waals surface area contributed by atoms with Crippen LogP contribution in [-0.4, -0.2) is 30.1 Å². The van der Waals surface area contributed by atoms with E-state index < -0.39 is 12.7 Å². The van der Waals surface area contributed by atoms with E-state index in [1.54, 1.807) is 0 Å². The topological polar surface area (TPSA) is 20.3 Å². The molecule has 1 fully saturated rings. The van der Waals surface area contributed by atoms with Gasteiger partial charge in [0.1, 0.15) is 6.54 Å². The van der Waals surface area contributed by atoms with Crippen LogP contribution in [0.25, 0.3) is 0 Å². The van der Waals surface area contributed by atoms with Crippen molar-refractivity contribution in [3.8, 4) is 0 Å². The minimum atomic E-state index is -4.28. The number of amides is 1. The molecule has 0 aromatic rings.